The summed E-state index contributed by atoms with van der Waals surface area (Å²) in [5, 5.41) is 9.93. The van der Waals surface area contributed by atoms with Crippen molar-refractivity contribution in [3.63, 3.8) is 0 Å². The van der Waals surface area contributed by atoms with E-state index in [1.807, 2.05) is 50.2 Å². The van der Waals surface area contributed by atoms with Gasteiger partial charge in [0, 0.05) is 42.7 Å². The molecule has 1 aliphatic rings. The standard InChI is InChI=1S/C23H25N5O2/c1-3-24-22(30)16-5-4-14(2)19(11-16)15-6-8-20-17(10-15)12-26-23(28-20)27-18-7-9-21(29)25-13-18/h4-6,8,10-12,18H,3,7,9,13H2,1-2H3,(H,24,30)(H,25,29)(H,26,27,28)/t18-/m0/s1. The molecule has 3 N–H and O–H groups in total. The molecule has 0 radical (unpaired) electrons. The van der Waals surface area contributed by atoms with Crippen LogP contribution in [0.1, 0.15) is 35.7 Å². The van der Waals surface area contributed by atoms with Crippen molar-refractivity contribution in [2.75, 3.05) is 18.4 Å². The summed E-state index contributed by atoms with van der Waals surface area (Å²) >= 11 is 0. The van der Waals surface area contributed by atoms with E-state index >= 15 is 0 Å². The number of benzene rings is 2. The van der Waals surface area contributed by atoms with Crippen molar-refractivity contribution >= 4 is 28.7 Å². The van der Waals surface area contributed by atoms with Gasteiger partial charge in [-0.1, -0.05) is 12.1 Å². The van der Waals surface area contributed by atoms with Crippen molar-refractivity contribution in [1.82, 2.24) is 20.6 Å². The highest BCUT2D eigenvalue weighted by atomic mass is 16.2. The highest BCUT2D eigenvalue weighted by molar-refractivity contribution is 5.96. The first-order valence-electron chi connectivity index (χ1n) is 10.2. The lowest BCUT2D eigenvalue weighted by Crippen LogP contribution is -2.42. The second-order valence-electron chi connectivity index (χ2n) is 7.54. The molecule has 0 aliphatic carbocycles. The third-order valence-electron chi connectivity index (χ3n) is 5.33. The van der Waals surface area contributed by atoms with E-state index in [4.69, 9.17) is 0 Å². The van der Waals surface area contributed by atoms with Crippen LogP contribution in [0, 0.1) is 6.92 Å². The maximum absolute atomic E-state index is 12.2. The van der Waals surface area contributed by atoms with E-state index in [0.717, 1.165) is 34.0 Å². The van der Waals surface area contributed by atoms with Crippen LogP contribution in [0.5, 0.6) is 0 Å². The van der Waals surface area contributed by atoms with Crippen LogP contribution in [0.2, 0.25) is 0 Å². The second-order valence-corrected chi connectivity index (χ2v) is 7.54. The Morgan fingerprint density at radius 2 is 2.10 bits per heavy atom. The highest BCUT2D eigenvalue weighted by Gasteiger charge is 2.18. The van der Waals surface area contributed by atoms with Gasteiger partial charge in [0.2, 0.25) is 11.9 Å². The van der Waals surface area contributed by atoms with Gasteiger partial charge in [-0.25, -0.2) is 9.97 Å². The minimum atomic E-state index is -0.0718. The van der Waals surface area contributed by atoms with Crippen LogP contribution in [-0.4, -0.2) is 40.9 Å². The molecule has 1 aromatic heterocycles. The number of carbonyl (C=O) groups is 2. The third-order valence-corrected chi connectivity index (χ3v) is 5.33. The number of amides is 2. The Kier molecular flexibility index (Phi) is 5.61. The van der Waals surface area contributed by atoms with Gasteiger partial charge < -0.3 is 16.0 Å². The normalized spacial score (nSPS) is 16.2. The second kappa shape index (κ2) is 8.49. The summed E-state index contributed by atoms with van der Waals surface area (Å²) in [6, 6.07) is 11.9. The average molecular weight is 403 g/mol. The van der Waals surface area contributed by atoms with Crippen molar-refractivity contribution in [3.05, 3.63) is 53.7 Å². The van der Waals surface area contributed by atoms with Crippen LogP contribution in [0.4, 0.5) is 5.95 Å². The molecule has 4 rings (SSSR count). The Morgan fingerprint density at radius 1 is 1.23 bits per heavy atom. The van der Waals surface area contributed by atoms with Gasteiger partial charge in [-0.15, -0.1) is 0 Å². The van der Waals surface area contributed by atoms with E-state index in [9.17, 15) is 9.59 Å². The molecule has 1 saturated heterocycles. The van der Waals surface area contributed by atoms with Crippen molar-refractivity contribution in [2.45, 2.75) is 32.7 Å². The number of aryl methyl sites for hydroxylation is 1. The summed E-state index contributed by atoms with van der Waals surface area (Å²) < 4.78 is 0. The Hall–Kier alpha value is -3.48. The summed E-state index contributed by atoms with van der Waals surface area (Å²) in [6.45, 7) is 5.12. The SMILES string of the molecule is CCNC(=O)c1ccc(C)c(-c2ccc3nc(N[C@H]4CCC(=O)NC4)ncc3c2)c1. The average Bonchev–Trinajstić information content (AvgIpc) is 2.75. The van der Waals surface area contributed by atoms with Crippen molar-refractivity contribution in [2.24, 2.45) is 0 Å². The number of nitrogens with zero attached hydrogens (tertiary/aromatic N) is 2. The topological polar surface area (TPSA) is 96.0 Å². The minimum Gasteiger partial charge on any atom is -0.354 e. The number of hydrogen-bond donors (Lipinski definition) is 3. The van der Waals surface area contributed by atoms with Crippen LogP contribution in [0.15, 0.2) is 42.6 Å². The van der Waals surface area contributed by atoms with E-state index < -0.39 is 0 Å². The fourth-order valence-corrected chi connectivity index (χ4v) is 3.65. The minimum absolute atomic E-state index is 0.0718. The van der Waals surface area contributed by atoms with Crippen molar-refractivity contribution < 1.29 is 9.59 Å². The van der Waals surface area contributed by atoms with Crippen LogP contribution < -0.4 is 16.0 Å². The van der Waals surface area contributed by atoms with Gasteiger partial charge in [-0.3, -0.25) is 9.59 Å². The van der Waals surface area contributed by atoms with Gasteiger partial charge in [0.15, 0.2) is 0 Å². The predicted molar refractivity (Wildman–Crippen MR) is 117 cm³/mol. The van der Waals surface area contributed by atoms with Gasteiger partial charge in [0.25, 0.3) is 5.91 Å². The highest BCUT2D eigenvalue weighted by Crippen LogP contribution is 2.28. The molecule has 0 unspecified atom stereocenters. The fourth-order valence-electron chi connectivity index (χ4n) is 3.65. The number of aromatic nitrogens is 2. The largest absolute Gasteiger partial charge is 0.354 e. The Labute approximate surface area is 175 Å². The number of carbonyl (C=O) groups excluding carboxylic acids is 2. The molecule has 154 valence electrons. The molecule has 1 aliphatic heterocycles. The van der Waals surface area contributed by atoms with Crippen LogP contribution in [-0.2, 0) is 4.79 Å². The predicted octanol–water partition coefficient (Wildman–Crippen LogP) is 3.05. The van der Waals surface area contributed by atoms with E-state index in [0.29, 0.717) is 31.0 Å². The first-order chi connectivity index (χ1) is 14.5. The Bertz CT molecular complexity index is 1100. The number of anilines is 1. The molecule has 30 heavy (non-hydrogen) atoms. The summed E-state index contributed by atoms with van der Waals surface area (Å²) in [5.41, 5.74) is 4.62. The number of rotatable bonds is 5. The number of piperidine rings is 1. The molecule has 2 heterocycles. The number of hydrogen-bond acceptors (Lipinski definition) is 5. The van der Waals surface area contributed by atoms with Gasteiger partial charge >= 0.3 is 0 Å². The quantitative estimate of drug-likeness (QED) is 0.609. The molecule has 0 saturated carbocycles. The van der Waals surface area contributed by atoms with Crippen LogP contribution >= 0.6 is 0 Å². The van der Waals surface area contributed by atoms with Crippen molar-refractivity contribution in [3.8, 4) is 11.1 Å². The Morgan fingerprint density at radius 3 is 2.87 bits per heavy atom. The first kappa shape index (κ1) is 19.8. The number of nitrogens with one attached hydrogen (secondary N) is 3. The van der Waals surface area contributed by atoms with E-state index in [2.05, 4.69) is 25.9 Å². The first-order valence-corrected chi connectivity index (χ1v) is 10.2. The van der Waals surface area contributed by atoms with E-state index in [1.54, 1.807) is 6.20 Å². The van der Waals surface area contributed by atoms with Gasteiger partial charge in [-0.05, 0) is 61.2 Å². The van der Waals surface area contributed by atoms with Crippen molar-refractivity contribution in [1.29, 1.82) is 0 Å². The smallest absolute Gasteiger partial charge is 0.251 e. The maximum atomic E-state index is 12.2. The molecular formula is C23H25N5O2. The zero-order valence-electron chi connectivity index (χ0n) is 17.2. The lowest BCUT2D eigenvalue weighted by atomic mass is 9.97. The summed E-state index contributed by atoms with van der Waals surface area (Å²) in [6.07, 6.45) is 3.09. The molecule has 3 aromatic rings. The molecule has 2 aromatic carbocycles. The van der Waals surface area contributed by atoms with E-state index in [-0.39, 0.29) is 17.9 Å². The zero-order valence-corrected chi connectivity index (χ0v) is 17.2. The van der Waals surface area contributed by atoms with Crippen LogP contribution in [0.3, 0.4) is 0 Å². The zero-order chi connectivity index (χ0) is 21.1. The molecule has 0 bridgehead atoms. The monoisotopic (exact) mass is 403 g/mol. The summed E-state index contributed by atoms with van der Waals surface area (Å²) in [5.74, 6) is 0.579. The molecular weight excluding hydrogens is 378 g/mol. The number of fused-ring (bicyclic) bond motifs is 1. The lowest BCUT2D eigenvalue weighted by molar-refractivity contribution is -0.122. The molecule has 7 nitrogen and oxygen atoms in total. The van der Waals surface area contributed by atoms with Gasteiger partial charge in [-0.2, -0.15) is 0 Å². The molecule has 0 spiro atoms. The Balaban J connectivity index is 1.59. The van der Waals surface area contributed by atoms with Gasteiger partial charge in [0.05, 0.1) is 5.52 Å². The molecule has 1 fully saturated rings. The molecule has 2 amide bonds. The summed E-state index contributed by atoms with van der Waals surface area (Å²) in [4.78, 5) is 32.6. The fraction of sp³-hybridized carbons (Fsp3) is 0.304. The molecule has 1 atom stereocenters. The molecule has 7 heteroatoms. The van der Waals surface area contributed by atoms with E-state index in [1.165, 1.54) is 0 Å². The van der Waals surface area contributed by atoms with Gasteiger partial charge in [0.1, 0.15) is 0 Å². The maximum Gasteiger partial charge on any atom is 0.251 e. The van der Waals surface area contributed by atoms with Crippen LogP contribution in [0.25, 0.3) is 22.0 Å². The summed E-state index contributed by atoms with van der Waals surface area (Å²) in [7, 11) is 0. The third kappa shape index (κ3) is 4.25. The lowest BCUT2D eigenvalue weighted by Gasteiger charge is -2.23.